The summed E-state index contributed by atoms with van der Waals surface area (Å²) in [6.07, 6.45) is 6.18. The van der Waals surface area contributed by atoms with Gasteiger partial charge in [0, 0.05) is 23.4 Å². The molecular formula is C32H47Cl2N9O7S3. The van der Waals surface area contributed by atoms with E-state index in [0.717, 1.165) is 45.1 Å². The topological polar surface area (TPSA) is 197 Å². The molecule has 4 heterocycles. The van der Waals surface area contributed by atoms with Crippen LogP contribution in [-0.4, -0.2) is 121 Å². The van der Waals surface area contributed by atoms with Gasteiger partial charge in [0.15, 0.2) is 16.3 Å². The molecule has 4 aliphatic rings. The van der Waals surface area contributed by atoms with Crippen LogP contribution in [0.5, 0.6) is 0 Å². The first-order chi connectivity index (χ1) is 24.6. The number of halogens is 2. The van der Waals surface area contributed by atoms with E-state index in [2.05, 4.69) is 25.8 Å². The normalized spacial score (nSPS) is 22.5. The Balaban J connectivity index is 0.00000314. The molecule has 2 aliphatic carbocycles. The van der Waals surface area contributed by atoms with Gasteiger partial charge >= 0.3 is 12.1 Å². The highest BCUT2D eigenvalue weighted by Crippen LogP contribution is 2.56. The van der Waals surface area contributed by atoms with Crippen LogP contribution in [0.2, 0.25) is 0 Å². The Morgan fingerprint density at radius 3 is 2.49 bits per heavy atom. The van der Waals surface area contributed by atoms with Crippen LogP contribution in [0.1, 0.15) is 69.9 Å². The monoisotopic (exact) mass is 835 g/mol. The largest absolute Gasteiger partial charge is 0.509 e. The van der Waals surface area contributed by atoms with Crippen molar-refractivity contribution in [2.75, 3.05) is 45.0 Å². The summed E-state index contributed by atoms with van der Waals surface area (Å²) in [5.41, 5.74) is 3.97. The van der Waals surface area contributed by atoms with Gasteiger partial charge < -0.3 is 30.2 Å². The number of nitrogen functional groups attached to an aromatic ring is 1. The Bertz CT molecular complexity index is 1650. The Hall–Kier alpha value is -2.84. The van der Waals surface area contributed by atoms with Crippen molar-refractivity contribution >= 4 is 88.7 Å². The maximum Gasteiger partial charge on any atom is 0.509 e. The third-order valence-electron chi connectivity index (χ3n) is 9.89. The summed E-state index contributed by atoms with van der Waals surface area (Å²) in [4.78, 5) is 63.5. The lowest BCUT2D eigenvalue weighted by molar-refractivity contribution is -0.190. The van der Waals surface area contributed by atoms with Crippen LogP contribution in [0.15, 0.2) is 21.8 Å². The van der Waals surface area contributed by atoms with E-state index < -0.39 is 40.5 Å². The average Bonchev–Trinajstić information content (AvgIpc) is 3.76. The molecule has 0 spiro atoms. The maximum absolute atomic E-state index is 14.9. The van der Waals surface area contributed by atoms with Crippen LogP contribution in [-0.2, 0) is 41.6 Å². The van der Waals surface area contributed by atoms with Crippen molar-refractivity contribution in [3.63, 3.8) is 0 Å². The third-order valence-corrected chi connectivity index (χ3v) is 13.0. The number of aromatic nitrogens is 5. The minimum atomic E-state index is -1.68. The van der Waals surface area contributed by atoms with E-state index in [1.165, 1.54) is 46.9 Å². The van der Waals surface area contributed by atoms with Gasteiger partial charge in [-0.05, 0) is 81.5 Å². The van der Waals surface area contributed by atoms with Gasteiger partial charge in [-0.15, -0.1) is 53.0 Å². The van der Waals surface area contributed by atoms with E-state index in [1.54, 1.807) is 10.1 Å². The molecule has 1 saturated heterocycles. The van der Waals surface area contributed by atoms with Gasteiger partial charge in [-0.25, -0.2) is 19.3 Å². The summed E-state index contributed by atoms with van der Waals surface area (Å²) >= 11 is 3.98. The average molecular weight is 837 g/mol. The number of esters is 1. The number of fused-ring (bicyclic) bond motifs is 1. The highest BCUT2D eigenvalue weighted by Gasteiger charge is 2.75. The molecule has 294 valence electrons. The molecule has 0 unspecified atom stereocenters. The summed E-state index contributed by atoms with van der Waals surface area (Å²) < 4.78 is 19.1. The summed E-state index contributed by atoms with van der Waals surface area (Å²) in [6.45, 7) is 1.31. The molecule has 0 aromatic carbocycles. The zero-order chi connectivity index (χ0) is 36.2. The smallest absolute Gasteiger partial charge is 0.464 e. The molecule has 6 rings (SSSR count). The quantitative estimate of drug-likeness (QED) is 0.168. The van der Waals surface area contributed by atoms with E-state index in [0.29, 0.717) is 65.3 Å². The maximum atomic E-state index is 14.9. The minimum absolute atomic E-state index is 0. The molecule has 21 heteroatoms. The zero-order valence-electron chi connectivity index (χ0n) is 29.9. The number of likely N-dealkylation sites (N-methyl/N-ethyl adjacent to an activating group) is 1. The van der Waals surface area contributed by atoms with Crippen molar-refractivity contribution in [2.45, 2.75) is 105 Å². The number of rotatable bonds is 13. The lowest BCUT2D eigenvalue weighted by Crippen LogP contribution is -2.88. The first-order valence-corrected chi connectivity index (χ1v) is 20.2. The zero-order valence-corrected chi connectivity index (χ0v) is 34.0. The number of nitrogens with two attached hydrogens (primary N) is 1. The van der Waals surface area contributed by atoms with Crippen molar-refractivity contribution in [1.82, 2.24) is 40.3 Å². The van der Waals surface area contributed by atoms with Crippen LogP contribution in [0.4, 0.5) is 9.93 Å². The number of β-lactam (4-membered cyclic amide) rings is 1. The second-order valence-electron chi connectivity index (χ2n) is 13.6. The molecule has 0 bridgehead atoms. The van der Waals surface area contributed by atoms with Gasteiger partial charge in [0.2, 0.25) is 11.1 Å². The SMILES string of the molecule is COC(=O)C1=C(CSc2nnnn2CCN(C)C)CS[C@@H]2N1C(=O)[C@]2(NC(=O)Cc1csc(N)n1)C1(OC(=O)OC2CCCCC2)CCCCC1.Cl.Cl. The Labute approximate surface area is 333 Å². The predicted molar refractivity (Wildman–Crippen MR) is 205 cm³/mol. The molecule has 2 aromatic rings. The predicted octanol–water partition coefficient (Wildman–Crippen LogP) is 3.84. The lowest BCUT2D eigenvalue weighted by atomic mass is 9.64. The fraction of sp³-hybridized carbons (Fsp3) is 0.688. The number of nitrogens with zero attached hydrogens (tertiary/aromatic N) is 7. The number of nitrogens with one attached hydrogen (secondary N) is 1. The Morgan fingerprint density at radius 1 is 1.11 bits per heavy atom. The fourth-order valence-electron chi connectivity index (χ4n) is 7.39. The van der Waals surface area contributed by atoms with Crippen LogP contribution >= 0.6 is 59.7 Å². The van der Waals surface area contributed by atoms with Crippen LogP contribution in [0.3, 0.4) is 0 Å². The molecule has 3 fully saturated rings. The first kappa shape index (κ1) is 42.9. The molecule has 2 amide bonds. The number of thioether (sulfide) groups is 2. The van der Waals surface area contributed by atoms with Crippen LogP contribution in [0.25, 0.3) is 0 Å². The number of carbonyl (C=O) groups excluding carboxylic acids is 4. The molecular weight excluding hydrogens is 790 g/mol. The summed E-state index contributed by atoms with van der Waals surface area (Å²) in [5, 5.41) is 17.0. The fourth-order valence-corrected chi connectivity index (χ4v) is 10.6. The number of carbonyl (C=O) groups is 4. The van der Waals surface area contributed by atoms with Crippen LogP contribution in [0, 0.1) is 0 Å². The van der Waals surface area contributed by atoms with E-state index in [1.807, 2.05) is 19.0 Å². The van der Waals surface area contributed by atoms with Gasteiger partial charge in [-0.3, -0.25) is 14.5 Å². The molecule has 2 saturated carbocycles. The van der Waals surface area contributed by atoms with Gasteiger partial charge in [0.25, 0.3) is 5.91 Å². The van der Waals surface area contributed by atoms with Crippen molar-refractivity contribution < 1.29 is 33.4 Å². The van der Waals surface area contributed by atoms with Crippen molar-refractivity contribution in [2.24, 2.45) is 0 Å². The Kier molecular flexibility index (Phi) is 15.1. The number of tetrazole rings is 1. The standard InChI is InChI=1S/C32H45N9O7S3.2ClH/c1-39(2)14-15-40-29(36-37-38-40)51-18-20-17-49-27-32(26(44)41(27)24(20)25(43)46-3,35-23(42)16-21-19-50-28(33)34-21)31(12-8-5-9-13-31)48-30(45)47-22-10-6-4-7-11-22;;/h19,22,27H,4-18H2,1-3H3,(H2,33,34)(H,35,42);2*1H/t27-,32+;;/m0../s1. The highest BCUT2D eigenvalue weighted by atomic mass is 35.5. The molecule has 2 atom stereocenters. The molecule has 2 aromatic heterocycles. The van der Waals surface area contributed by atoms with Crippen LogP contribution < -0.4 is 11.1 Å². The number of ether oxygens (including phenoxy) is 3. The second-order valence-corrected chi connectivity index (χ2v) is 16.5. The molecule has 16 nitrogen and oxygen atoms in total. The third kappa shape index (κ3) is 9.01. The van der Waals surface area contributed by atoms with Crippen molar-refractivity contribution in [1.29, 1.82) is 0 Å². The number of anilines is 1. The number of hydrogen-bond acceptors (Lipinski definition) is 16. The second kappa shape index (κ2) is 18.7. The lowest BCUT2D eigenvalue weighted by Gasteiger charge is -2.64. The molecule has 2 aliphatic heterocycles. The van der Waals surface area contributed by atoms with Gasteiger partial charge in [-0.1, -0.05) is 24.6 Å². The summed E-state index contributed by atoms with van der Waals surface area (Å²) in [6, 6.07) is 0. The molecule has 53 heavy (non-hydrogen) atoms. The summed E-state index contributed by atoms with van der Waals surface area (Å²) in [7, 11) is 5.19. The number of thiazole rings is 1. The highest BCUT2D eigenvalue weighted by molar-refractivity contribution is 8.01. The number of hydrogen-bond donors (Lipinski definition) is 2. The first-order valence-electron chi connectivity index (χ1n) is 17.3. The number of methoxy groups -OCH3 is 1. The number of amides is 2. The van der Waals surface area contributed by atoms with Crippen molar-refractivity contribution in [3.8, 4) is 0 Å². The minimum Gasteiger partial charge on any atom is -0.464 e. The van der Waals surface area contributed by atoms with E-state index in [-0.39, 0.29) is 43.0 Å². The van der Waals surface area contributed by atoms with Gasteiger partial charge in [0.1, 0.15) is 17.2 Å². The van der Waals surface area contributed by atoms with E-state index in [9.17, 15) is 19.2 Å². The molecule has 3 N–H and O–H groups in total. The van der Waals surface area contributed by atoms with E-state index in [4.69, 9.17) is 19.9 Å². The molecule has 0 radical (unpaired) electrons. The summed E-state index contributed by atoms with van der Waals surface area (Å²) in [5.74, 6) is -1.04. The van der Waals surface area contributed by atoms with Gasteiger partial charge in [0.05, 0.1) is 25.8 Å². The Morgan fingerprint density at radius 2 is 1.83 bits per heavy atom. The van der Waals surface area contributed by atoms with Gasteiger partial charge in [-0.2, -0.15) is 0 Å². The van der Waals surface area contributed by atoms with Crippen molar-refractivity contribution in [3.05, 3.63) is 22.3 Å². The van der Waals surface area contributed by atoms with E-state index >= 15 is 0 Å².